The van der Waals surface area contributed by atoms with Crippen LogP contribution in [0, 0.1) is 33.5 Å². The molecule has 0 radical (unpaired) electrons. The summed E-state index contributed by atoms with van der Waals surface area (Å²) in [5.41, 5.74) is 23.7. The summed E-state index contributed by atoms with van der Waals surface area (Å²) in [5.74, 6) is 3.03. The summed E-state index contributed by atoms with van der Waals surface area (Å²) in [7, 11) is 3.45. The van der Waals surface area contributed by atoms with Crippen LogP contribution in [0.3, 0.4) is 0 Å². The van der Waals surface area contributed by atoms with Gasteiger partial charge in [-0.25, -0.2) is 64.2 Å². The highest BCUT2D eigenvalue weighted by molar-refractivity contribution is 7.20. The molecule has 1 fully saturated rings. The van der Waals surface area contributed by atoms with Crippen LogP contribution in [-0.4, -0.2) is 177 Å². The number of nitrogens with one attached hydrogen (secondary N) is 4. The second-order valence-corrected chi connectivity index (χ2v) is 34.7. The zero-order valence-corrected chi connectivity index (χ0v) is 74.8. The van der Waals surface area contributed by atoms with Crippen molar-refractivity contribution in [2.75, 3.05) is 33.3 Å². The lowest BCUT2D eigenvalue weighted by Gasteiger charge is -2.34. The first-order valence-electron chi connectivity index (χ1n) is 41.7. The average molecular weight is 1800 g/mol. The molecular weight excluding hydrogens is 1720 g/mol. The van der Waals surface area contributed by atoms with E-state index in [0.717, 1.165) is 202 Å². The third kappa shape index (κ3) is 16.7. The van der Waals surface area contributed by atoms with Gasteiger partial charge in [0.1, 0.15) is 102 Å². The maximum absolute atomic E-state index is 14.8. The van der Waals surface area contributed by atoms with Gasteiger partial charge in [-0.2, -0.15) is 25.5 Å². The normalized spacial score (nSPS) is 12.2. The highest BCUT2D eigenvalue weighted by Crippen LogP contribution is 2.46. The van der Waals surface area contributed by atoms with Crippen LogP contribution < -0.4 is 4.74 Å². The second-order valence-electron chi connectivity index (χ2n) is 30.7. The van der Waals surface area contributed by atoms with E-state index < -0.39 is 0 Å². The van der Waals surface area contributed by atoms with Crippen LogP contribution in [-0.2, 0) is 18.4 Å². The van der Waals surface area contributed by atoms with E-state index in [1.165, 1.54) is 55.4 Å². The lowest BCUT2D eigenvalue weighted by Crippen LogP contribution is -2.47. The molecule has 23 rings (SSSR count). The number of carbonyl (C=O) groups excluding carboxylic acids is 1. The molecule has 4 N–H and O–H groups in total. The largest absolute Gasteiger partial charge is 0.496 e. The number of amides is 1. The predicted octanol–water partition coefficient (Wildman–Crippen LogP) is 19.4. The van der Waals surface area contributed by atoms with E-state index in [2.05, 4.69) is 157 Å². The number of hydrogen-bond acceptors (Lipinski definition) is 24. The molecule has 1 amide bonds. The molecule has 0 atom stereocenters. The van der Waals surface area contributed by atoms with Gasteiger partial charge in [0.15, 0.2) is 23.3 Å². The summed E-state index contributed by atoms with van der Waals surface area (Å²) in [5, 5.41) is 35.7. The Kier molecular flexibility index (Phi) is 22.9. The minimum atomic E-state index is -0.352. The monoisotopic (exact) mass is 1800 g/mol. The predicted molar refractivity (Wildman–Crippen MR) is 509 cm³/mol. The van der Waals surface area contributed by atoms with Crippen LogP contribution in [0.4, 0.5) is 4.39 Å². The Bertz CT molecular complexity index is 7840. The molecule has 0 aliphatic carbocycles. The standard InChI is InChI=1S/C26H19FN6OS.C26H26N8OS.C23H18N8S.C21H16N6S/c1-15-23(26-31-22(16-7-4-3-5-8-16)24(35-26)25-28-14-29-32-25)33-13-17(11-12-20(33)30-15)21-18(27)9-6-10-19(21)34-2;1-17-23(26-30-22(20-6-4-3-5-7-20)24(36-26)25-27-16-28-31-25)34-15-19(8-9-21(34)29-17)14-32-10-12-33(13-11-32)18(2)35;1-14-20(31-12-16(8-9-18(31)27-14)17-10-26-30(2)11-17)23-28-19(15-6-4-3-5-7-15)21(32-23)22-24-13-25-29-22;1-3-14-9-10-16-24-13(2)18(27(16)11-14)21-25-17(15-7-5-4-6-8-15)19(28-21)20-22-12-23-26-20/h3-14H,1-2H3,(H,28,29,32);3-9,15-16H,10-14H2,1-2H3,(H,27,28,31);3-13H,1-2H3,(H,24,25,29);3-12H,1H2,2H3,(H,22,23,26). The lowest BCUT2D eigenvalue weighted by atomic mass is 10.1. The summed E-state index contributed by atoms with van der Waals surface area (Å²) < 4.78 is 30.3. The number of aromatic amines is 4. The third-order valence-electron chi connectivity index (χ3n) is 22.3. The van der Waals surface area contributed by atoms with E-state index in [9.17, 15) is 9.18 Å². The number of carbonyl (C=O) groups is 1. The summed E-state index contributed by atoms with van der Waals surface area (Å²) in [6, 6.07) is 61.2. The number of benzene rings is 5. The Morgan fingerprint density at radius 2 is 0.794 bits per heavy atom. The van der Waals surface area contributed by atoms with Crippen molar-refractivity contribution in [3.63, 3.8) is 0 Å². The molecule has 131 heavy (non-hydrogen) atoms. The molecule has 35 heteroatoms. The van der Waals surface area contributed by atoms with E-state index in [4.69, 9.17) is 44.6 Å². The Morgan fingerprint density at radius 1 is 0.420 bits per heavy atom. The number of H-pyrrole nitrogens is 4. The third-order valence-corrected chi connectivity index (χ3v) is 26.5. The number of ether oxygens (including phenoxy) is 1. The van der Waals surface area contributed by atoms with Crippen LogP contribution in [0.5, 0.6) is 5.75 Å². The molecule has 0 bridgehead atoms. The van der Waals surface area contributed by atoms with Gasteiger partial charge >= 0.3 is 0 Å². The van der Waals surface area contributed by atoms with E-state index >= 15 is 0 Å². The molecule has 646 valence electrons. The molecule has 0 unspecified atom stereocenters. The molecule has 18 heterocycles. The molecule has 1 saturated heterocycles. The average Bonchev–Trinajstić information content (AvgIpc) is 1.62. The summed E-state index contributed by atoms with van der Waals surface area (Å²) >= 11 is 6.26. The maximum atomic E-state index is 14.8. The Balaban J connectivity index is 0.000000109. The Hall–Kier alpha value is -16.0. The quantitative estimate of drug-likeness (QED) is 0.0620. The molecule has 30 nitrogen and oxygen atoms in total. The second kappa shape index (κ2) is 36.1. The van der Waals surface area contributed by atoms with Gasteiger partial charge in [0.05, 0.1) is 83.9 Å². The number of pyridine rings is 4. The highest BCUT2D eigenvalue weighted by Gasteiger charge is 2.29. The van der Waals surface area contributed by atoms with Crippen LogP contribution >= 0.6 is 45.3 Å². The fourth-order valence-corrected chi connectivity index (χ4v) is 20.5. The Labute approximate surface area is 763 Å². The van der Waals surface area contributed by atoms with Crippen molar-refractivity contribution in [1.29, 1.82) is 0 Å². The van der Waals surface area contributed by atoms with Gasteiger partial charge < -0.3 is 9.64 Å². The van der Waals surface area contributed by atoms with Crippen LogP contribution in [0.2, 0.25) is 0 Å². The number of nitrogens with zero attached hydrogens (tertiary/aromatic N) is 24. The van der Waals surface area contributed by atoms with Gasteiger partial charge in [-0.1, -0.05) is 146 Å². The van der Waals surface area contributed by atoms with Crippen molar-refractivity contribution in [1.82, 2.24) is 138 Å². The fourth-order valence-electron chi connectivity index (χ4n) is 16.0. The van der Waals surface area contributed by atoms with Crippen LogP contribution in [0.25, 0.3) is 182 Å². The topological polar surface area (TPSA) is 338 Å². The molecule has 0 spiro atoms. The number of halogens is 1. The van der Waals surface area contributed by atoms with Crippen molar-refractivity contribution >= 4 is 79.9 Å². The molecule has 1 aliphatic rings. The molecule has 5 aromatic carbocycles. The SMILES string of the molecule is C=Cc1ccc2nc(C)c(-c3nc(-c4ccccc4)c(-c4ncn[nH]4)s3)n2c1.CC(=O)N1CCN(Cc2ccc3nc(C)c(-c4nc(-c5ccccc5)c(-c5ncn[nH]5)s4)n3c2)CC1.COc1cccc(F)c1-c1ccc2nc(C)c(-c3nc(-c4ccccc4)c(-c4ncn[nH]4)s3)n2c1.Cc1nc2ccc(-c3cnn(C)c3)cn2c1-c1nc(-c2ccccc2)c(-c2ncn[nH]2)s1. The van der Waals surface area contributed by atoms with Crippen molar-refractivity contribution in [2.24, 2.45) is 7.05 Å². The van der Waals surface area contributed by atoms with Crippen molar-refractivity contribution in [3.8, 4) is 159 Å². The molecule has 22 aromatic rings. The smallest absolute Gasteiger partial charge is 0.219 e. The molecule has 1 aliphatic heterocycles. The van der Waals surface area contributed by atoms with Gasteiger partial charge in [-0.05, 0) is 93.4 Å². The number of methoxy groups -OCH3 is 1. The van der Waals surface area contributed by atoms with Crippen molar-refractivity contribution in [2.45, 2.75) is 41.2 Å². The van der Waals surface area contributed by atoms with Gasteiger partial charge in [0.2, 0.25) is 5.91 Å². The minimum Gasteiger partial charge on any atom is -0.496 e. The van der Waals surface area contributed by atoms with Gasteiger partial charge in [-0.3, -0.25) is 52.4 Å². The summed E-state index contributed by atoms with van der Waals surface area (Å²) in [6.07, 6.45) is 19.9. The van der Waals surface area contributed by atoms with E-state index in [-0.39, 0.29) is 11.7 Å². The number of rotatable bonds is 18. The van der Waals surface area contributed by atoms with Gasteiger partial charge in [0.25, 0.3) is 0 Å². The molecular formula is C96H79FN28O2S4. The first-order valence-corrected chi connectivity index (χ1v) is 44.9. The van der Waals surface area contributed by atoms with Crippen LogP contribution in [0.15, 0.2) is 257 Å². The number of imidazole rings is 4. The van der Waals surface area contributed by atoms with E-state index in [0.29, 0.717) is 40.2 Å². The number of thiazole rings is 4. The number of fused-ring (bicyclic) bond motifs is 4. The van der Waals surface area contributed by atoms with E-state index in [1.807, 2.05) is 190 Å². The Morgan fingerprint density at radius 3 is 1.16 bits per heavy atom. The van der Waals surface area contributed by atoms with Crippen molar-refractivity contribution < 1.29 is 13.9 Å². The van der Waals surface area contributed by atoms with E-state index in [1.54, 1.807) is 57.7 Å². The first kappa shape index (κ1) is 83.3. The van der Waals surface area contributed by atoms with Crippen LogP contribution in [0.1, 0.15) is 40.8 Å². The van der Waals surface area contributed by atoms with Gasteiger partial charge in [0, 0.05) is 117 Å². The number of piperazine rings is 1. The molecule has 0 saturated carbocycles. The maximum Gasteiger partial charge on any atom is 0.219 e. The number of hydrogen-bond donors (Lipinski definition) is 4. The zero-order valence-electron chi connectivity index (χ0n) is 71.6. The van der Waals surface area contributed by atoms with Crippen molar-refractivity contribution in [3.05, 3.63) is 297 Å². The summed E-state index contributed by atoms with van der Waals surface area (Å²) in [4.78, 5) is 76.3. The zero-order chi connectivity index (χ0) is 89.3. The summed E-state index contributed by atoms with van der Waals surface area (Å²) in [6.45, 7) is 17.6. The van der Waals surface area contributed by atoms with Gasteiger partial charge in [-0.15, -0.1) is 45.3 Å². The highest BCUT2D eigenvalue weighted by atomic mass is 32.1. The fraction of sp³-hybridized carbons (Fsp3) is 0.125. The first-order chi connectivity index (χ1) is 64.1. The number of aromatic nitrogens is 26. The number of aryl methyl sites for hydroxylation is 5. The minimum absolute atomic E-state index is 0.151. The lowest BCUT2D eigenvalue weighted by molar-refractivity contribution is -0.130. The molecule has 17 aromatic heterocycles.